The molecule has 0 aliphatic carbocycles. The third-order valence-corrected chi connectivity index (χ3v) is 4.99. The van der Waals surface area contributed by atoms with Gasteiger partial charge in [-0.15, -0.1) is 0 Å². The Kier molecular flexibility index (Phi) is 4.72. The fourth-order valence-electron chi connectivity index (χ4n) is 3.52. The second-order valence-electron chi connectivity index (χ2n) is 6.92. The molecule has 0 unspecified atom stereocenters. The van der Waals surface area contributed by atoms with Crippen molar-refractivity contribution in [1.29, 1.82) is 0 Å². The molecule has 0 aromatic heterocycles. The van der Waals surface area contributed by atoms with Gasteiger partial charge in [0.15, 0.2) is 0 Å². The third-order valence-electron chi connectivity index (χ3n) is 4.99. The van der Waals surface area contributed by atoms with E-state index in [0.717, 1.165) is 5.56 Å². The number of hydrogen-bond acceptors (Lipinski definition) is 3. The van der Waals surface area contributed by atoms with Gasteiger partial charge in [-0.25, -0.2) is 4.39 Å². The van der Waals surface area contributed by atoms with E-state index in [1.807, 2.05) is 25.1 Å². The lowest BCUT2D eigenvalue weighted by Gasteiger charge is -2.25. The number of hydrogen-bond donors (Lipinski definition) is 1. The third kappa shape index (κ3) is 3.31. The van der Waals surface area contributed by atoms with Crippen LogP contribution in [-0.4, -0.2) is 16.8 Å². The number of aliphatic hydroxyl groups is 1. The van der Waals surface area contributed by atoms with Gasteiger partial charge in [-0.2, -0.15) is 0 Å². The summed E-state index contributed by atoms with van der Waals surface area (Å²) in [6, 6.07) is 20.6. The molecule has 0 radical (unpaired) electrons. The monoisotopic (exact) mass is 387 g/mol. The van der Waals surface area contributed by atoms with Gasteiger partial charge >= 0.3 is 0 Å². The van der Waals surface area contributed by atoms with Crippen molar-refractivity contribution in [1.82, 2.24) is 0 Å². The Morgan fingerprint density at radius 2 is 1.52 bits per heavy atom. The molecule has 3 aromatic carbocycles. The summed E-state index contributed by atoms with van der Waals surface area (Å²) in [6.45, 7) is 1.92. The maximum absolute atomic E-state index is 13.4. The molecular weight excluding hydrogens is 369 g/mol. The van der Waals surface area contributed by atoms with E-state index in [2.05, 4.69) is 0 Å². The second kappa shape index (κ2) is 7.36. The van der Waals surface area contributed by atoms with Crippen LogP contribution in [-0.2, 0) is 9.59 Å². The Hall–Kier alpha value is -3.73. The smallest absolute Gasteiger partial charge is 0.300 e. The van der Waals surface area contributed by atoms with Crippen LogP contribution in [0.1, 0.15) is 22.7 Å². The molecule has 5 heteroatoms. The van der Waals surface area contributed by atoms with Crippen LogP contribution in [0.25, 0.3) is 5.76 Å². The van der Waals surface area contributed by atoms with E-state index in [0.29, 0.717) is 16.8 Å². The average molecular weight is 387 g/mol. The van der Waals surface area contributed by atoms with Gasteiger partial charge in [-0.1, -0.05) is 60.2 Å². The Morgan fingerprint density at radius 3 is 2.14 bits per heavy atom. The van der Waals surface area contributed by atoms with Crippen molar-refractivity contribution in [2.45, 2.75) is 13.0 Å². The number of aliphatic hydroxyl groups excluding tert-OH is 1. The van der Waals surface area contributed by atoms with Gasteiger partial charge in [0.25, 0.3) is 11.7 Å². The first-order chi connectivity index (χ1) is 14.0. The van der Waals surface area contributed by atoms with Crippen molar-refractivity contribution in [3.8, 4) is 0 Å². The van der Waals surface area contributed by atoms with Crippen LogP contribution in [0.2, 0.25) is 0 Å². The molecule has 0 bridgehead atoms. The van der Waals surface area contributed by atoms with Crippen LogP contribution in [0.4, 0.5) is 10.1 Å². The van der Waals surface area contributed by atoms with Crippen molar-refractivity contribution in [2.75, 3.05) is 4.90 Å². The predicted octanol–water partition coefficient (Wildman–Crippen LogP) is 4.76. The Balaban J connectivity index is 1.93. The number of rotatable bonds is 3. The van der Waals surface area contributed by atoms with E-state index in [9.17, 15) is 19.1 Å². The maximum atomic E-state index is 13.4. The summed E-state index contributed by atoms with van der Waals surface area (Å²) in [5.74, 6) is -2.22. The molecule has 4 rings (SSSR count). The Labute approximate surface area is 167 Å². The summed E-state index contributed by atoms with van der Waals surface area (Å²) < 4.78 is 13.4. The van der Waals surface area contributed by atoms with Crippen LogP contribution in [0, 0.1) is 12.7 Å². The standard InChI is InChI=1S/C24H18FNO3/c1-15-7-9-17(10-8-15)22(27)20-21(16-5-3-2-4-6-16)26(24(29)23(20)28)19-13-11-18(25)12-14-19/h2-14,21,27H,1H3/t21-/m1/s1. The largest absolute Gasteiger partial charge is 0.507 e. The second-order valence-corrected chi connectivity index (χ2v) is 6.92. The summed E-state index contributed by atoms with van der Waals surface area (Å²) >= 11 is 0. The zero-order chi connectivity index (χ0) is 20.5. The minimum absolute atomic E-state index is 0.00868. The molecule has 1 fully saturated rings. The van der Waals surface area contributed by atoms with Crippen molar-refractivity contribution in [3.63, 3.8) is 0 Å². The normalized spacial score (nSPS) is 18.3. The average Bonchev–Trinajstić information content (AvgIpc) is 3.00. The van der Waals surface area contributed by atoms with Gasteiger partial charge in [0.05, 0.1) is 11.6 Å². The van der Waals surface area contributed by atoms with E-state index in [1.54, 1.807) is 36.4 Å². The van der Waals surface area contributed by atoms with Crippen LogP contribution < -0.4 is 4.90 Å². The van der Waals surface area contributed by atoms with Crippen molar-refractivity contribution < 1.29 is 19.1 Å². The number of aryl methyl sites for hydroxylation is 1. The zero-order valence-corrected chi connectivity index (χ0v) is 15.7. The number of Topliss-reactive ketones (excluding diaryl/α,β-unsaturated/α-hetero) is 1. The molecule has 144 valence electrons. The minimum atomic E-state index is -0.817. The van der Waals surface area contributed by atoms with Crippen molar-refractivity contribution >= 4 is 23.1 Å². The fourth-order valence-corrected chi connectivity index (χ4v) is 3.52. The number of halogens is 1. The quantitative estimate of drug-likeness (QED) is 0.400. The molecule has 1 saturated heterocycles. The highest BCUT2D eigenvalue weighted by atomic mass is 19.1. The summed E-state index contributed by atoms with van der Waals surface area (Å²) in [7, 11) is 0. The highest BCUT2D eigenvalue weighted by Crippen LogP contribution is 2.42. The van der Waals surface area contributed by atoms with E-state index >= 15 is 0 Å². The van der Waals surface area contributed by atoms with E-state index < -0.39 is 23.5 Å². The van der Waals surface area contributed by atoms with Crippen LogP contribution >= 0.6 is 0 Å². The molecule has 0 saturated carbocycles. The van der Waals surface area contributed by atoms with Gasteiger partial charge < -0.3 is 5.11 Å². The molecule has 3 aromatic rings. The highest BCUT2D eigenvalue weighted by molar-refractivity contribution is 6.51. The molecular formula is C24H18FNO3. The lowest BCUT2D eigenvalue weighted by molar-refractivity contribution is -0.132. The maximum Gasteiger partial charge on any atom is 0.300 e. The Bertz CT molecular complexity index is 1100. The van der Waals surface area contributed by atoms with Crippen LogP contribution in [0.5, 0.6) is 0 Å². The number of benzene rings is 3. The first-order valence-electron chi connectivity index (χ1n) is 9.16. The number of carbonyl (C=O) groups excluding carboxylic acids is 2. The topological polar surface area (TPSA) is 57.6 Å². The summed E-state index contributed by atoms with van der Waals surface area (Å²) in [4.78, 5) is 27.2. The highest BCUT2D eigenvalue weighted by Gasteiger charge is 2.46. The molecule has 1 atom stereocenters. The molecule has 1 heterocycles. The zero-order valence-electron chi connectivity index (χ0n) is 15.7. The van der Waals surface area contributed by atoms with Crippen LogP contribution in [0.3, 0.4) is 0 Å². The molecule has 4 nitrogen and oxygen atoms in total. The molecule has 0 spiro atoms. The number of amides is 1. The summed E-state index contributed by atoms with van der Waals surface area (Å²) in [5, 5.41) is 11.0. The summed E-state index contributed by atoms with van der Waals surface area (Å²) in [5.41, 5.74) is 2.52. The molecule has 29 heavy (non-hydrogen) atoms. The first-order valence-corrected chi connectivity index (χ1v) is 9.16. The lowest BCUT2D eigenvalue weighted by Crippen LogP contribution is -2.29. The number of anilines is 1. The molecule has 1 aliphatic heterocycles. The number of nitrogens with zero attached hydrogens (tertiary/aromatic N) is 1. The number of ketones is 1. The molecule has 1 amide bonds. The lowest BCUT2D eigenvalue weighted by atomic mass is 9.95. The van der Waals surface area contributed by atoms with Gasteiger partial charge in [0.1, 0.15) is 11.6 Å². The SMILES string of the molecule is Cc1ccc(C(O)=C2C(=O)C(=O)N(c3ccc(F)cc3)[C@@H]2c2ccccc2)cc1. The predicted molar refractivity (Wildman–Crippen MR) is 109 cm³/mol. The molecule has 1 N–H and O–H groups in total. The van der Waals surface area contributed by atoms with Crippen molar-refractivity contribution in [3.05, 3.63) is 107 Å². The van der Waals surface area contributed by atoms with E-state index in [-0.39, 0.29) is 11.3 Å². The first kappa shape index (κ1) is 18.6. The summed E-state index contributed by atoms with van der Waals surface area (Å²) in [6.07, 6.45) is 0. The minimum Gasteiger partial charge on any atom is -0.507 e. The van der Waals surface area contributed by atoms with E-state index in [1.165, 1.54) is 29.2 Å². The van der Waals surface area contributed by atoms with Gasteiger partial charge in [0.2, 0.25) is 0 Å². The van der Waals surface area contributed by atoms with Crippen LogP contribution in [0.15, 0.2) is 84.4 Å². The van der Waals surface area contributed by atoms with Gasteiger partial charge in [-0.3, -0.25) is 14.5 Å². The van der Waals surface area contributed by atoms with Crippen molar-refractivity contribution in [2.24, 2.45) is 0 Å². The molecule has 1 aliphatic rings. The van der Waals surface area contributed by atoms with E-state index in [4.69, 9.17) is 0 Å². The van der Waals surface area contributed by atoms with Gasteiger partial charge in [0, 0.05) is 11.3 Å². The Morgan fingerprint density at radius 1 is 0.897 bits per heavy atom. The fraction of sp³-hybridized carbons (Fsp3) is 0.0833. The van der Waals surface area contributed by atoms with Gasteiger partial charge in [-0.05, 0) is 36.8 Å². The number of carbonyl (C=O) groups is 2.